The summed E-state index contributed by atoms with van der Waals surface area (Å²) in [6.45, 7) is 2.17. The molecule has 0 spiro atoms. The summed E-state index contributed by atoms with van der Waals surface area (Å²) in [4.78, 5) is -0.0454. The molecule has 0 aromatic heterocycles. The molecule has 1 aromatic carbocycles. The van der Waals surface area contributed by atoms with Crippen molar-refractivity contribution < 1.29 is 22.3 Å². The minimum absolute atomic E-state index is 0.0454. The highest BCUT2D eigenvalue weighted by molar-refractivity contribution is 7.89. The molecule has 114 valence electrons. The summed E-state index contributed by atoms with van der Waals surface area (Å²) < 4.78 is 49.9. The van der Waals surface area contributed by atoms with Crippen LogP contribution in [0.1, 0.15) is 25.3 Å². The lowest BCUT2D eigenvalue weighted by Gasteiger charge is -2.21. The van der Waals surface area contributed by atoms with Gasteiger partial charge in [0.2, 0.25) is 10.0 Å². The van der Waals surface area contributed by atoms with Gasteiger partial charge in [-0.05, 0) is 23.6 Å². The summed E-state index contributed by atoms with van der Waals surface area (Å²) in [7, 11) is -4.01. The molecule has 0 atom stereocenters. The number of sulfonamides is 1. The van der Waals surface area contributed by atoms with Gasteiger partial charge in [-0.25, -0.2) is 17.2 Å². The van der Waals surface area contributed by atoms with Crippen LogP contribution in [-0.4, -0.2) is 44.0 Å². The first-order chi connectivity index (χ1) is 9.28. The third-order valence-electron chi connectivity index (χ3n) is 2.88. The maximum atomic E-state index is 12.4. The fourth-order valence-corrected chi connectivity index (χ4v) is 3.16. The first-order valence-corrected chi connectivity index (χ1v) is 7.72. The van der Waals surface area contributed by atoms with Gasteiger partial charge in [-0.1, -0.05) is 26.0 Å². The molecule has 0 aliphatic rings. The van der Waals surface area contributed by atoms with Crippen molar-refractivity contribution in [2.75, 3.05) is 19.7 Å². The topological polar surface area (TPSA) is 57.6 Å². The van der Waals surface area contributed by atoms with Crippen molar-refractivity contribution in [2.45, 2.75) is 31.1 Å². The minimum atomic E-state index is -4.01. The molecule has 0 bridgehead atoms. The van der Waals surface area contributed by atoms with E-state index < -0.39 is 29.6 Å². The molecule has 0 unspecified atom stereocenters. The summed E-state index contributed by atoms with van der Waals surface area (Å²) in [6.07, 6.45) is -2.79. The number of benzene rings is 1. The number of rotatable bonds is 7. The second-order valence-corrected chi connectivity index (χ2v) is 6.64. The fraction of sp³-hybridized carbons (Fsp3) is 0.538. The van der Waals surface area contributed by atoms with Crippen LogP contribution in [0, 0.1) is 0 Å². The fourth-order valence-electron chi connectivity index (χ4n) is 1.75. The van der Waals surface area contributed by atoms with Gasteiger partial charge in [-0.2, -0.15) is 4.31 Å². The van der Waals surface area contributed by atoms with Crippen molar-refractivity contribution in [3.8, 4) is 0 Å². The lowest BCUT2D eigenvalue weighted by molar-refractivity contribution is 0.113. The van der Waals surface area contributed by atoms with Crippen molar-refractivity contribution in [3.05, 3.63) is 29.8 Å². The van der Waals surface area contributed by atoms with E-state index in [2.05, 4.69) is 0 Å². The molecule has 1 aromatic rings. The van der Waals surface area contributed by atoms with Gasteiger partial charge in [-0.15, -0.1) is 0 Å². The third kappa shape index (κ3) is 4.22. The predicted molar refractivity (Wildman–Crippen MR) is 72.4 cm³/mol. The third-order valence-corrected chi connectivity index (χ3v) is 4.75. The van der Waals surface area contributed by atoms with E-state index in [1.165, 1.54) is 12.1 Å². The van der Waals surface area contributed by atoms with Crippen LogP contribution < -0.4 is 0 Å². The van der Waals surface area contributed by atoms with Crippen molar-refractivity contribution in [1.29, 1.82) is 0 Å². The molecule has 20 heavy (non-hydrogen) atoms. The van der Waals surface area contributed by atoms with Gasteiger partial charge < -0.3 is 5.11 Å². The van der Waals surface area contributed by atoms with Gasteiger partial charge in [0.15, 0.2) is 0 Å². The average molecular weight is 307 g/mol. The molecule has 7 heteroatoms. The molecule has 1 N–H and O–H groups in total. The molecule has 0 heterocycles. The van der Waals surface area contributed by atoms with Crippen LogP contribution >= 0.6 is 0 Å². The van der Waals surface area contributed by atoms with Gasteiger partial charge in [0, 0.05) is 6.54 Å². The number of hydrogen-bond acceptors (Lipinski definition) is 3. The molecule has 0 aliphatic carbocycles. The Hall–Kier alpha value is -1.05. The highest BCUT2D eigenvalue weighted by Crippen LogP contribution is 2.20. The Kier molecular flexibility index (Phi) is 6.04. The van der Waals surface area contributed by atoms with Gasteiger partial charge in [0.1, 0.15) is 0 Å². The van der Waals surface area contributed by atoms with Crippen molar-refractivity contribution in [1.82, 2.24) is 4.31 Å². The van der Waals surface area contributed by atoms with Crippen LogP contribution in [0.4, 0.5) is 8.78 Å². The molecule has 0 aliphatic heterocycles. The van der Waals surface area contributed by atoms with E-state index in [4.69, 9.17) is 5.11 Å². The minimum Gasteiger partial charge on any atom is -0.395 e. The maximum Gasteiger partial charge on any atom is 0.252 e. The molecular formula is C13H19F2NO3S. The first-order valence-electron chi connectivity index (χ1n) is 6.28. The highest BCUT2D eigenvalue weighted by atomic mass is 32.2. The molecule has 0 fully saturated rings. The van der Waals surface area contributed by atoms with Crippen LogP contribution in [0.5, 0.6) is 0 Å². The van der Waals surface area contributed by atoms with E-state index in [1.807, 2.05) is 13.8 Å². The second kappa shape index (κ2) is 7.10. The molecule has 1 rings (SSSR count). The smallest absolute Gasteiger partial charge is 0.252 e. The largest absolute Gasteiger partial charge is 0.395 e. The monoisotopic (exact) mass is 307 g/mol. The number of halogens is 2. The zero-order valence-corrected chi connectivity index (χ0v) is 12.3. The first kappa shape index (κ1) is 17.0. The van der Waals surface area contributed by atoms with Gasteiger partial charge in [0.05, 0.1) is 18.0 Å². The molecule has 0 amide bonds. The Morgan fingerprint density at radius 2 is 1.75 bits per heavy atom. The Morgan fingerprint density at radius 1 is 1.20 bits per heavy atom. The van der Waals surface area contributed by atoms with Crippen LogP contribution in [0.2, 0.25) is 0 Å². The quantitative estimate of drug-likeness (QED) is 0.839. The zero-order chi connectivity index (χ0) is 15.3. The summed E-state index contributed by atoms with van der Waals surface area (Å²) >= 11 is 0. The van der Waals surface area contributed by atoms with Crippen LogP contribution in [0.25, 0.3) is 0 Å². The summed E-state index contributed by atoms with van der Waals surface area (Å²) in [5, 5.41) is 8.83. The number of hydrogen-bond donors (Lipinski definition) is 1. The second-order valence-electron chi connectivity index (χ2n) is 4.70. The summed E-state index contributed by atoms with van der Waals surface area (Å²) in [5.41, 5.74) is 0.964. The van der Waals surface area contributed by atoms with Crippen molar-refractivity contribution in [2.24, 2.45) is 0 Å². The SMILES string of the molecule is CC(C)c1ccc(S(=O)(=O)N(CCO)CC(F)F)cc1. The van der Waals surface area contributed by atoms with E-state index in [0.29, 0.717) is 4.31 Å². The molecule has 0 radical (unpaired) electrons. The van der Waals surface area contributed by atoms with E-state index in [1.54, 1.807) is 12.1 Å². The van der Waals surface area contributed by atoms with Crippen molar-refractivity contribution >= 4 is 10.0 Å². The Morgan fingerprint density at radius 3 is 2.15 bits per heavy atom. The molecule has 0 saturated carbocycles. The number of aliphatic hydroxyl groups is 1. The van der Waals surface area contributed by atoms with E-state index in [9.17, 15) is 17.2 Å². The summed E-state index contributed by atoms with van der Waals surface area (Å²) in [5.74, 6) is 0.251. The van der Waals surface area contributed by atoms with Crippen LogP contribution in [-0.2, 0) is 10.0 Å². The van der Waals surface area contributed by atoms with Gasteiger partial charge in [0.25, 0.3) is 6.43 Å². The van der Waals surface area contributed by atoms with E-state index in [0.717, 1.165) is 5.56 Å². The molecular weight excluding hydrogens is 288 g/mol. The predicted octanol–water partition coefficient (Wildman–Crippen LogP) is 2.06. The van der Waals surface area contributed by atoms with Gasteiger partial charge >= 0.3 is 0 Å². The number of aliphatic hydroxyl groups excluding tert-OH is 1. The zero-order valence-electron chi connectivity index (χ0n) is 11.5. The highest BCUT2D eigenvalue weighted by Gasteiger charge is 2.26. The Labute approximate surface area is 118 Å². The molecule has 0 saturated heterocycles. The Bertz CT molecular complexity index is 515. The Balaban J connectivity index is 3.05. The van der Waals surface area contributed by atoms with E-state index in [-0.39, 0.29) is 17.4 Å². The van der Waals surface area contributed by atoms with Crippen molar-refractivity contribution in [3.63, 3.8) is 0 Å². The number of alkyl halides is 2. The van der Waals surface area contributed by atoms with Crippen LogP contribution in [0.3, 0.4) is 0 Å². The van der Waals surface area contributed by atoms with Crippen LogP contribution in [0.15, 0.2) is 29.2 Å². The average Bonchev–Trinajstić information content (AvgIpc) is 2.37. The van der Waals surface area contributed by atoms with E-state index >= 15 is 0 Å². The number of nitrogens with zero attached hydrogens (tertiary/aromatic N) is 1. The summed E-state index contributed by atoms with van der Waals surface area (Å²) in [6, 6.07) is 6.13. The standard InChI is InChI=1S/C13H19F2NO3S/c1-10(2)11-3-5-12(6-4-11)20(18,19)16(7-8-17)9-13(14)15/h3-6,10,13,17H,7-9H2,1-2H3. The lowest BCUT2D eigenvalue weighted by Crippen LogP contribution is -2.37. The normalized spacial score (nSPS) is 12.6. The maximum absolute atomic E-state index is 12.4. The molecule has 4 nitrogen and oxygen atoms in total. The van der Waals surface area contributed by atoms with Gasteiger partial charge in [-0.3, -0.25) is 0 Å². The lowest BCUT2D eigenvalue weighted by atomic mass is 10.0.